The Balaban J connectivity index is 1.68. The monoisotopic (exact) mass is 277 g/mol. The van der Waals surface area contributed by atoms with Crippen LogP contribution in [0.3, 0.4) is 0 Å². The smallest absolute Gasteiger partial charge is 0.0963 e. The maximum atomic E-state index is 4.32. The standard InChI is InChI=1S/C18H15NS/c1-2-6-16(7-3-1)17-11-9-15(10-12-17)14-20-18-8-4-5-13-19-18/h1-13H,14H2. The lowest BCUT2D eigenvalue weighted by Crippen LogP contribution is -1.83. The quantitative estimate of drug-likeness (QED) is 0.620. The van der Waals surface area contributed by atoms with E-state index in [1.807, 2.05) is 30.5 Å². The number of benzene rings is 2. The second-order valence-electron chi connectivity index (χ2n) is 4.52. The summed E-state index contributed by atoms with van der Waals surface area (Å²) in [5.41, 5.74) is 3.84. The van der Waals surface area contributed by atoms with Crippen molar-refractivity contribution in [2.75, 3.05) is 0 Å². The van der Waals surface area contributed by atoms with Gasteiger partial charge in [0.25, 0.3) is 0 Å². The highest BCUT2D eigenvalue weighted by Gasteiger charge is 1.99. The molecular weight excluding hydrogens is 262 g/mol. The van der Waals surface area contributed by atoms with Gasteiger partial charge >= 0.3 is 0 Å². The van der Waals surface area contributed by atoms with E-state index < -0.39 is 0 Å². The van der Waals surface area contributed by atoms with E-state index in [-0.39, 0.29) is 0 Å². The number of hydrogen-bond donors (Lipinski definition) is 0. The topological polar surface area (TPSA) is 12.9 Å². The summed E-state index contributed by atoms with van der Waals surface area (Å²) in [6.07, 6.45) is 1.83. The minimum atomic E-state index is 0.950. The van der Waals surface area contributed by atoms with Gasteiger partial charge in [0.1, 0.15) is 0 Å². The van der Waals surface area contributed by atoms with Gasteiger partial charge in [-0.15, -0.1) is 11.8 Å². The van der Waals surface area contributed by atoms with Crippen LogP contribution in [0.15, 0.2) is 84.0 Å². The summed E-state index contributed by atoms with van der Waals surface area (Å²) in [5, 5.41) is 1.07. The first-order chi connectivity index (χ1) is 9.92. The minimum absolute atomic E-state index is 0.950. The normalized spacial score (nSPS) is 10.4. The predicted octanol–water partition coefficient (Wildman–Crippen LogP) is 5.04. The fraction of sp³-hybridized carbons (Fsp3) is 0.0556. The summed E-state index contributed by atoms with van der Waals surface area (Å²) in [6, 6.07) is 25.2. The van der Waals surface area contributed by atoms with Crippen molar-refractivity contribution in [2.24, 2.45) is 0 Å². The Kier molecular flexibility index (Phi) is 4.14. The molecule has 2 aromatic carbocycles. The van der Waals surface area contributed by atoms with E-state index in [0.29, 0.717) is 0 Å². The zero-order valence-electron chi connectivity index (χ0n) is 11.1. The van der Waals surface area contributed by atoms with E-state index in [9.17, 15) is 0 Å². The molecule has 3 aromatic rings. The number of nitrogens with zero attached hydrogens (tertiary/aromatic N) is 1. The molecule has 0 aliphatic heterocycles. The van der Waals surface area contributed by atoms with E-state index in [2.05, 4.69) is 53.5 Å². The molecule has 0 saturated heterocycles. The maximum Gasteiger partial charge on any atom is 0.0963 e. The molecule has 0 N–H and O–H groups in total. The van der Waals surface area contributed by atoms with Gasteiger partial charge in [-0.1, -0.05) is 60.7 Å². The highest BCUT2D eigenvalue weighted by molar-refractivity contribution is 7.98. The molecule has 3 rings (SSSR count). The average molecular weight is 277 g/mol. The predicted molar refractivity (Wildman–Crippen MR) is 85.7 cm³/mol. The third-order valence-corrected chi connectivity index (χ3v) is 4.10. The van der Waals surface area contributed by atoms with E-state index in [1.54, 1.807) is 11.8 Å². The highest BCUT2D eigenvalue weighted by atomic mass is 32.2. The van der Waals surface area contributed by atoms with Crippen LogP contribution in [0.4, 0.5) is 0 Å². The third-order valence-electron chi connectivity index (χ3n) is 3.09. The first-order valence-corrected chi connectivity index (χ1v) is 7.58. The SMILES string of the molecule is c1ccc(-c2ccc(CSc3ccccn3)cc2)cc1. The van der Waals surface area contributed by atoms with Gasteiger partial charge < -0.3 is 0 Å². The van der Waals surface area contributed by atoms with Gasteiger partial charge in [-0.2, -0.15) is 0 Å². The first-order valence-electron chi connectivity index (χ1n) is 6.60. The Labute approximate surface area is 123 Å². The summed E-state index contributed by atoms with van der Waals surface area (Å²) in [5.74, 6) is 0.950. The van der Waals surface area contributed by atoms with Crippen molar-refractivity contribution in [1.82, 2.24) is 4.98 Å². The van der Waals surface area contributed by atoms with Gasteiger partial charge in [-0.05, 0) is 28.8 Å². The van der Waals surface area contributed by atoms with Crippen molar-refractivity contribution in [3.63, 3.8) is 0 Å². The van der Waals surface area contributed by atoms with Gasteiger partial charge in [0.15, 0.2) is 0 Å². The number of pyridine rings is 1. The number of hydrogen-bond acceptors (Lipinski definition) is 2. The van der Waals surface area contributed by atoms with Crippen molar-refractivity contribution in [2.45, 2.75) is 10.8 Å². The van der Waals surface area contributed by atoms with E-state index >= 15 is 0 Å². The molecule has 20 heavy (non-hydrogen) atoms. The molecule has 0 fully saturated rings. The lowest BCUT2D eigenvalue weighted by atomic mass is 10.0. The molecule has 1 heterocycles. The fourth-order valence-corrected chi connectivity index (χ4v) is 2.83. The van der Waals surface area contributed by atoms with Gasteiger partial charge in [0.05, 0.1) is 5.03 Å². The fourth-order valence-electron chi connectivity index (χ4n) is 2.01. The Morgan fingerprint density at radius 1 is 0.700 bits per heavy atom. The maximum absolute atomic E-state index is 4.32. The van der Waals surface area contributed by atoms with E-state index in [0.717, 1.165) is 10.8 Å². The molecule has 0 radical (unpaired) electrons. The molecule has 0 spiro atoms. The zero-order valence-corrected chi connectivity index (χ0v) is 11.9. The summed E-state index contributed by atoms with van der Waals surface area (Å²) < 4.78 is 0. The van der Waals surface area contributed by atoms with Gasteiger partial charge in [0, 0.05) is 11.9 Å². The Morgan fingerprint density at radius 3 is 2.10 bits per heavy atom. The molecule has 1 aromatic heterocycles. The van der Waals surface area contributed by atoms with Crippen molar-refractivity contribution in [1.29, 1.82) is 0 Å². The van der Waals surface area contributed by atoms with Gasteiger partial charge in [-0.3, -0.25) is 0 Å². The minimum Gasteiger partial charge on any atom is -0.250 e. The molecule has 98 valence electrons. The molecule has 2 heteroatoms. The molecule has 0 aliphatic carbocycles. The van der Waals surface area contributed by atoms with E-state index in [4.69, 9.17) is 0 Å². The highest BCUT2D eigenvalue weighted by Crippen LogP contribution is 2.23. The van der Waals surface area contributed by atoms with Crippen LogP contribution in [-0.4, -0.2) is 4.98 Å². The molecule has 0 amide bonds. The van der Waals surface area contributed by atoms with Crippen LogP contribution in [0.25, 0.3) is 11.1 Å². The Hall–Kier alpha value is -2.06. The van der Waals surface area contributed by atoms with Crippen molar-refractivity contribution in [3.8, 4) is 11.1 Å². The Morgan fingerprint density at radius 2 is 1.40 bits per heavy atom. The van der Waals surface area contributed by atoms with Crippen LogP contribution in [0.5, 0.6) is 0 Å². The summed E-state index contributed by atoms with van der Waals surface area (Å²) in [4.78, 5) is 4.32. The van der Waals surface area contributed by atoms with Crippen LogP contribution in [0.1, 0.15) is 5.56 Å². The second-order valence-corrected chi connectivity index (χ2v) is 5.52. The molecule has 1 nitrogen and oxygen atoms in total. The third kappa shape index (κ3) is 3.28. The second kappa shape index (κ2) is 6.40. The summed E-state index contributed by atoms with van der Waals surface area (Å²) >= 11 is 1.76. The molecular formula is C18H15NS. The summed E-state index contributed by atoms with van der Waals surface area (Å²) in [7, 11) is 0. The molecule has 0 atom stereocenters. The van der Waals surface area contributed by atoms with Crippen LogP contribution in [0.2, 0.25) is 0 Å². The number of rotatable bonds is 4. The zero-order chi connectivity index (χ0) is 13.6. The van der Waals surface area contributed by atoms with Crippen LogP contribution < -0.4 is 0 Å². The van der Waals surface area contributed by atoms with Crippen LogP contribution >= 0.6 is 11.8 Å². The van der Waals surface area contributed by atoms with Crippen molar-refractivity contribution in [3.05, 3.63) is 84.6 Å². The summed E-state index contributed by atoms with van der Waals surface area (Å²) in [6.45, 7) is 0. The van der Waals surface area contributed by atoms with Crippen molar-refractivity contribution < 1.29 is 0 Å². The number of thioether (sulfide) groups is 1. The van der Waals surface area contributed by atoms with E-state index in [1.165, 1.54) is 16.7 Å². The first kappa shape index (κ1) is 12.9. The van der Waals surface area contributed by atoms with Crippen LogP contribution in [-0.2, 0) is 5.75 Å². The largest absolute Gasteiger partial charge is 0.250 e. The lowest BCUT2D eigenvalue weighted by Gasteiger charge is -2.04. The molecule has 0 saturated carbocycles. The average Bonchev–Trinajstić information content (AvgIpc) is 2.55. The lowest BCUT2D eigenvalue weighted by molar-refractivity contribution is 1.13. The Bertz CT molecular complexity index is 648. The molecule has 0 bridgehead atoms. The molecule has 0 unspecified atom stereocenters. The van der Waals surface area contributed by atoms with Gasteiger partial charge in [0.2, 0.25) is 0 Å². The van der Waals surface area contributed by atoms with Gasteiger partial charge in [-0.25, -0.2) is 4.98 Å². The van der Waals surface area contributed by atoms with Crippen molar-refractivity contribution >= 4 is 11.8 Å². The molecule has 0 aliphatic rings. The van der Waals surface area contributed by atoms with Crippen LogP contribution in [0, 0.1) is 0 Å². The number of aromatic nitrogens is 1.